The first kappa shape index (κ1) is 17.7. The number of carbonyl (C=O) groups excluding carboxylic acids is 1. The van der Waals surface area contributed by atoms with E-state index in [2.05, 4.69) is 22.3 Å². The van der Waals surface area contributed by atoms with Crippen LogP contribution in [0.2, 0.25) is 0 Å². The fraction of sp³-hybridized carbons (Fsp3) is 0.261. The third kappa shape index (κ3) is 3.01. The van der Waals surface area contributed by atoms with Crippen molar-refractivity contribution in [1.82, 2.24) is 0 Å². The molecule has 3 aromatic carbocycles. The molecule has 6 nitrogen and oxygen atoms in total. The van der Waals surface area contributed by atoms with Crippen LogP contribution in [0.25, 0.3) is 10.8 Å². The molecule has 0 radical (unpaired) electrons. The zero-order valence-electron chi connectivity index (χ0n) is 16.0. The first-order valence-electron chi connectivity index (χ1n) is 10.00. The lowest BCUT2D eigenvalue weighted by Gasteiger charge is -2.21. The molecule has 0 aromatic heterocycles. The number of carbonyl (C=O) groups is 1. The topological polar surface area (TPSA) is 75.5 Å². The van der Waals surface area contributed by atoms with Crippen LogP contribution in [0, 0.1) is 10.1 Å². The summed E-state index contributed by atoms with van der Waals surface area (Å²) in [5.74, 6) is -0.311. The molecule has 1 fully saturated rings. The lowest BCUT2D eigenvalue weighted by molar-refractivity contribution is -0.384. The Morgan fingerprint density at radius 1 is 1.00 bits per heavy atom. The average molecular weight is 387 g/mol. The van der Waals surface area contributed by atoms with Gasteiger partial charge in [0.2, 0.25) is 0 Å². The normalized spacial score (nSPS) is 15.1. The van der Waals surface area contributed by atoms with Crippen LogP contribution >= 0.6 is 0 Å². The molecule has 0 atom stereocenters. The number of aryl methyl sites for hydroxylation is 2. The minimum Gasteiger partial charge on any atom is -0.371 e. The van der Waals surface area contributed by atoms with Crippen LogP contribution < -0.4 is 10.2 Å². The third-order valence-corrected chi connectivity index (χ3v) is 6.01. The first-order valence-corrected chi connectivity index (χ1v) is 10.00. The Bertz CT molecular complexity index is 1140. The number of anilines is 2. The van der Waals surface area contributed by atoms with Crippen molar-refractivity contribution in [3.05, 3.63) is 75.3 Å². The van der Waals surface area contributed by atoms with Gasteiger partial charge in [0, 0.05) is 36.3 Å². The Morgan fingerprint density at radius 3 is 2.52 bits per heavy atom. The van der Waals surface area contributed by atoms with Crippen molar-refractivity contribution in [2.24, 2.45) is 0 Å². The van der Waals surface area contributed by atoms with Crippen molar-refractivity contribution in [3.8, 4) is 0 Å². The van der Waals surface area contributed by atoms with E-state index in [-0.39, 0.29) is 11.6 Å². The number of nitro groups is 1. The smallest absolute Gasteiger partial charge is 0.270 e. The van der Waals surface area contributed by atoms with Crippen molar-refractivity contribution < 1.29 is 9.72 Å². The Labute approximate surface area is 168 Å². The molecule has 6 heteroatoms. The van der Waals surface area contributed by atoms with E-state index in [4.69, 9.17) is 0 Å². The molecule has 0 unspecified atom stereocenters. The van der Waals surface area contributed by atoms with Crippen LogP contribution in [0.5, 0.6) is 0 Å². The van der Waals surface area contributed by atoms with Gasteiger partial charge in [-0.15, -0.1) is 0 Å². The highest BCUT2D eigenvalue weighted by atomic mass is 16.6. The fourth-order valence-corrected chi connectivity index (χ4v) is 4.60. The molecule has 5 rings (SSSR count). The van der Waals surface area contributed by atoms with Crippen LogP contribution in [0.3, 0.4) is 0 Å². The van der Waals surface area contributed by atoms with Crippen molar-refractivity contribution in [3.63, 3.8) is 0 Å². The summed E-state index contributed by atoms with van der Waals surface area (Å²) in [7, 11) is 0. The predicted octanol–water partition coefficient (Wildman–Crippen LogP) is 4.70. The molecule has 0 bridgehead atoms. The first-order chi connectivity index (χ1) is 14.1. The maximum absolute atomic E-state index is 13.2. The zero-order valence-corrected chi connectivity index (χ0v) is 16.0. The Balaban J connectivity index is 1.55. The number of rotatable bonds is 4. The Morgan fingerprint density at radius 2 is 1.76 bits per heavy atom. The second kappa shape index (κ2) is 6.88. The van der Waals surface area contributed by atoms with E-state index >= 15 is 0 Å². The van der Waals surface area contributed by atoms with Gasteiger partial charge in [-0.3, -0.25) is 14.9 Å². The summed E-state index contributed by atoms with van der Waals surface area (Å²) in [6.45, 7) is 1.72. The molecular weight excluding hydrogens is 366 g/mol. The molecule has 1 saturated heterocycles. The van der Waals surface area contributed by atoms with Crippen molar-refractivity contribution in [2.45, 2.75) is 25.7 Å². The van der Waals surface area contributed by atoms with Crippen LogP contribution in [0.4, 0.5) is 17.1 Å². The molecule has 2 aliphatic rings. The average Bonchev–Trinajstić information content (AvgIpc) is 3.41. The number of hydrogen-bond acceptors (Lipinski definition) is 4. The minimum atomic E-state index is -0.455. The number of non-ortho nitro benzene ring substituents is 1. The molecule has 1 heterocycles. The molecular formula is C23H21N3O3. The largest absolute Gasteiger partial charge is 0.371 e. The number of nitro benzene ring substituents is 1. The van der Waals surface area contributed by atoms with E-state index < -0.39 is 4.92 Å². The quantitative estimate of drug-likeness (QED) is 0.520. The molecule has 1 aliphatic carbocycles. The molecule has 29 heavy (non-hydrogen) atoms. The summed E-state index contributed by atoms with van der Waals surface area (Å²) in [6, 6.07) is 14.8. The van der Waals surface area contributed by atoms with Crippen LogP contribution in [-0.4, -0.2) is 23.9 Å². The fourth-order valence-electron chi connectivity index (χ4n) is 4.60. The molecule has 146 valence electrons. The molecule has 1 amide bonds. The van der Waals surface area contributed by atoms with E-state index in [9.17, 15) is 14.9 Å². The number of hydrogen-bond donors (Lipinski definition) is 1. The third-order valence-electron chi connectivity index (χ3n) is 6.01. The van der Waals surface area contributed by atoms with Crippen LogP contribution in [0.1, 0.15) is 34.3 Å². The van der Waals surface area contributed by atoms with Gasteiger partial charge < -0.3 is 10.2 Å². The van der Waals surface area contributed by atoms with Gasteiger partial charge in [-0.2, -0.15) is 0 Å². The second-order valence-electron chi connectivity index (χ2n) is 7.72. The van der Waals surface area contributed by atoms with Gasteiger partial charge in [0.1, 0.15) is 0 Å². The van der Waals surface area contributed by atoms with Gasteiger partial charge in [0.15, 0.2) is 0 Å². The van der Waals surface area contributed by atoms with E-state index in [1.54, 1.807) is 6.07 Å². The van der Waals surface area contributed by atoms with Crippen molar-refractivity contribution in [1.29, 1.82) is 0 Å². The second-order valence-corrected chi connectivity index (χ2v) is 7.72. The maximum Gasteiger partial charge on any atom is 0.270 e. The summed E-state index contributed by atoms with van der Waals surface area (Å²) >= 11 is 0. The van der Waals surface area contributed by atoms with E-state index in [0.29, 0.717) is 5.56 Å². The van der Waals surface area contributed by atoms with Crippen molar-refractivity contribution >= 4 is 33.7 Å². The summed E-state index contributed by atoms with van der Waals surface area (Å²) < 4.78 is 0. The molecule has 1 aliphatic heterocycles. The number of benzene rings is 3. The highest BCUT2D eigenvalue weighted by Gasteiger charge is 2.24. The molecule has 3 aromatic rings. The van der Waals surface area contributed by atoms with Crippen LogP contribution in [0.15, 0.2) is 48.5 Å². The summed E-state index contributed by atoms with van der Waals surface area (Å²) in [5, 5.41) is 16.6. The van der Waals surface area contributed by atoms with Gasteiger partial charge in [-0.25, -0.2) is 0 Å². The summed E-state index contributed by atoms with van der Waals surface area (Å²) in [6.07, 6.45) is 4.17. The van der Waals surface area contributed by atoms with Gasteiger partial charge in [-0.05, 0) is 54.3 Å². The number of nitrogens with zero attached hydrogens (tertiary/aromatic N) is 2. The molecule has 0 spiro atoms. The van der Waals surface area contributed by atoms with E-state index in [0.717, 1.165) is 55.5 Å². The highest BCUT2D eigenvalue weighted by Crippen LogP contribution is 2.36. The SMILES string of the molecule is O=C(Nc1ccc2c3c(cccc13)CC2)c1cc([N+](=O)[O-])ccc1N1CCCC1. The molecule has 1 N–H and O–H groups in total. The van der Waals surface area contributed by atoms with Crippen LogP contribution in [-0.2, 0) is 12.8 Å². The van der Waals surface area contributed by atoms with Gasteiger partial charge in [-0.1, -0.05) is 24.3 Å². The monoisotopic (exact) mass is 387 g/mol. The standard InChI is InChI=1S/C23H21N3O3/c27-23(19-14-17(26(28)29)9-11-21(19)25-12-1-2-13-25)24-20-10-8-16-7-6-15-4-3-5-18(20)22(15)16/h3-5,8-11,14H,1-2,6-7,12-13H2,(H,24,27). The summed E-state index contributed by atoms with van der Waals surface area (Å²) in [4.78, 5) is 26.2. The number of nitrogens with one attached hydrogen (secondary N) is 1. The minimum absolute atomic E-state index is 0.0708. The van der Waals surface area contributed by atoms with Gasteiger partial charge in [0.25, 0.3) is 11.6 Å². The van der Waals surface area contributed by atoms with Crippen molar-refractivity contribution in [2.75, 3.05) is 23.3 Å². The Hall–Kier alpha value is -3.41. The lowest BCUT2D eigenvalue weighted by atomic mass is 10.0. The van der Waals surface area contributed by atoms with Gasteiger partial charge in [0.05, 0.1) is 16.2 Å². The summed E-state index contributed by atoms with van der Waals surface area (Å²) in [5.41, 5.74) is 4.40. The van der Waals surface area contributed by atoms with E-state index in [1.165, 1.54) is 28.6 Å². The number of amides is 1. The molecule has 0 saturated carbocycles. The highest BCUT2D eigenvalue weighted by molar-refractivity contribution is 6.13. The maximum atomic E-state index is 13.2. The Kier molecular flexibility index (Phi) is 4.19. The predicted molar refractivity (Wildman–Crippen MR) is 114 cm³/mol. The lowest BCUT2D eigenvalue weighted by Crippen LogP contribution is -2.23. The van der Waals surface area contributed by atoms with E-state index in [1.807, 2.05) is 18.2 Å². The zero-order chi connectivity index (χ0) is 20.0. The van der Waals surface area contributed by atoms with Gasteiger partial charge >= 0.3 is 0 Å².